The van der Waals surface area contributed by atoms with E-state index < -0.39 is 17.6 Å². The summed E-state index contributed by atoms with van der Waals surface area (Å²) in [4.78, 5) is 31.2. The molecular formula is C28H29F3N6O2. The normalized spacial score (nSPS) is 13.6. The smallest absolute Gasteiger partial charge is 0.368 e. The number of halogens is 3. The number of carbonyl (C=O) groups excluding carboxylic acids is 2. The number of nitrogens with zero attached hydrogens (tertiary/aromatic N) is 3. The highest BCUT2D eigenvalue weighted by Gasteiger charge is 2.34. The molecule has 3 aromatic rings. The van der Waals surface area contributed by atoms with Crippen molar-refractivity contribution in [1.82, 2.24) is 9.88 Å². The van der Waals surface area contributed by atoms with E-state index in [0.717, 1.165) is 36.6 Å². The van der Waals surface area contributed by atoms with Crippen LogP contribution in [0.2, 0.25) is 0 Å². The average Bonchev–Trinajstić information content (AvgIpc) is 2.89. The lowest BCUT2D eigenvalue weighted by Gasteiger charge is -2.35. The van der Waals surface area contributed by atoms with Gasteiger partial charge in [-0.2, -0.15) is 13.2 Å². The number of alkyl halides is 3. The second kappa shape index (κ2) is 11.5. The van der Waals surface area contributed by atoms with Gasteiger partial charge in [-0.25, -0.2) is 4.98 Å². The predicted octanol–water partition coefficient (Wildman–Crippen LogP) is 5.69. The topological polar surface area (TPSA) is 89.6 Å². The van der Waals surface area contributed by atoms with Gasteiger partial charge < -0.3 is 25.8 Å². The number of nitrogens with one attached hydrogen (secondary N) is 3. The number of hydrogen-bond donors (Lipinski definition) is 3. The Morgan fingerprint density at radius 3 is 2.33 bits per heavy atom. The summed E-state index contributed by atoms with van der Waals surface area (Å²) in [6.07, 6.45) is -2.75. The molecule has 2 aromatic carbocycles. The second-order valence-corrected chi connectivity index (χ2v) is 9.13. The van der Waals surface area contributed by atoms with Crippen LogP contribution in [0.4, 0.5) is 47.4 Å². The van der Waals surface area contributed by atoms with E-state index in [0.29, 0.717) is 30.2 Å². The fourth-order valence-corrected chi connectivity index (χ4v) is 4.28. The van der Waals surface area contributed by atoms with E-state index in [1.165, 1.54) is 12.1 Å². The third-order valence-corrected chi connectivity index (χ3v) is 6.37. The molecule has 1 aromatic heterocycles. The Hall–Kier alpha value is -4.54. The molecule has 0 aliphatic carbocycles. The molecule has 0 bridgehead atoms. The van der Waals surface area contributed by atoms with Crippen molar-refractivity contribution in [3.63, 3.8) is 0 Å². The van der Waals surface area contributed by atoms with Gasteiger partial charge in [-0.3, -0.25) is 9.59 Å². The first-order valence-corrected chi connectivity index (χ1v) is 12.3. The third-order valence-electron chi connectivity index (χ3n) is 6.37. The first-order chi connectivity index (χ1) is 18.5. The van der Waals surface area contributed by atoms with Gasteiger partial charge in [0.05, 0.1) is 11.3 Å². The van der Waals surface area contributed by atoms with Crippen LogP contribution in [0.1, 0.15) is 18.1 Å². The van der Waals surface area contributed by atoms with Crippen LogP contribution in [-0.4, -0.2) is 47.9 Å². The summed E-state index contributed by atoms with van der Waals surface area (Å²) in [6.45, 7) is 9.62. The highest BCUT2D eigenvalue weighted by atomic mass is 19.4. The van der Waals surface area contributed by atoms with Crippen molar-refractivity contribution in [3.8, 4) is 0 Å². The molecular weight excluding hydrogens is 509 g/mol. The van der Waals surface area contributed by atoms with Gasteiger partial charge >= 0.3 is 6.18 Å². The van der Waals surface area contributed by atoms with Crippen LogP contribution in [0.25, 0.3) is 0 Å². The maximum atomic E-state index is 13.8. The summed E-state index contributed by atoms with van der Waals surface area (Å²) < 4.78 is 41.3. The number of aromatic nitrogens is 1. The van der Waals surface area contributed by atoms with Gasteiger partial charge in [0.15, 0.2) is 0 Å². The first kappa shape index (κ1) is 27.5. The van der Waals surface area contributed by atoms with Gasteiger partial charge in [0.25, 0.3) is 0 Å². The zero-order chi connectivity index (χ0) is 28.2. The molecule has 0 spiro atoms. The number of pyridine rings is 1. The van der Waals surface area contributed by atoms with Crippen molar-refractivity contribution < 1.29 is 22.8 Å². The fourth-order valence-electron chi connectivity index (χ4n) is 4.28. The zero-order valence-electron chi connectivity index (χ0n) is 21.6. The SMILES string of the molecule is C=CC(=O)Nc1cccc(Nc2cc(Nc3ccc(N4CCN(C(C)=O)CC4)cc3C)ncc2C(F)(F)F)c1. The molecule has 1 saturated heterocycles. The van der Waals surface area contributed by atoms with E-state index in [4.69, 9.17) is 0 Å². The summed E-state index contributed by atoms with van der Waals surface area (Å²) in [5.74, 6) is -0.138. The molecule has 39 heavy (non-hydrogen) atoms. The Bertz CT molecular complexity index is 1380. The van der Waals surface area contributed by atoms with Crippen LogP contribution in [0.3, 0.4) is 0 Å². The molecule has 3 N–H and O–H groups in total. The minimum Gasteiger partial charge on any atom is -0.368 e. The van der Waals surface area contributed by atoms with E-state index in [-0.39, 0.29) is 17.4 Å². The third kappa shape index (κ3) is 6.86. The van der Waals surface area contributed by atoms with Crippen LogP contribution >= 0.6 is 0 Å². The predicted molar refractivity (Wildman–Crippen MR) is 147 cm³/mol. The van der Waals surface area contributed by atoms with E-state index in [2.05, 4.69) is 32.4 Å². The molecule has 8 nitrogen and oxygen atoms in total. The number of benzene rings is 2. The first-order valence-electron chi connectivity index (χ1n) is 12.3. The number of piperazine rings is 1. The number of aryl methyl sites for hydroxylation is 1. The zero-order valence-corrected chi connectivity index (χ0v) is 21.6. The summed E-state index contributed by atoms with van der Waals surface area (Å²) in [7, 11) is 0. The standard InChI is InChI=1S/C28H29F3N6O2/c1-4-27(39)34-21-7-5-6-20(15-21)33-25-16-26(32-17-23(25)28(29,30)31)35-24-9-8-22(14-18(24)2)37-12-10-36(11-13-37)19(3)38/h4-9,14-17H,1,10-13H2,2-3H3,(H,34,39)(H2,32,33,35). The maximum absolute atomic E-state index is 13.8. The molecule has 1 aliphatic heterocycles. The van der Waals surface area contributed by atoms with Crippen LogP contribution < -0.4 is 20.9 Å². The molecule has 11 heteroatoms. The van der Waals surface area contributed by atoms with Gasteiger partial charge in [-0.05, 0) is 55.0 Å². The molecule has 4 rings (SSSR count). The Labute approximate surface area is 224 Å². The van der Waals surface area contributed by atoms with Crippen LogP contribution in [0, 0.1) is 6.92 Å². The lowest BCUT2D eigenvalue weighted by atomic mass is 10.1. The highest BCUT2D eigenvalue weighted by molar-refractivity contribution is 5.99. The van der Waals surface area contributed by atoms with Crippen molar-refractivity contribution in [2.45, 2.75) is 20.0 Å². The van der Waals surface area contributed by atoms with Gasteiger partial charge in [0.1, 0.15) is 5.82 Å². The summed E-state index contributed by atoms with van der Waals surface area (Å²) in [5, 5.41) is 8.50. The van der Waals surface area contributed by atoms with Crippen molar-refractivity contribution in [2.24, 2.45) is 0 Å². The molecule has 2 heterocycles. The number of carbonyl (C=O) groups is 2. The molecule has 0 unspecified atom stereocenters. The molecule has 1 fully saturated rings. The Balaban J connectivity index is 1.54. The average molecular weight is 539 g/mol. The van der Waals surface area contributed by atoms with Crippen molar-refractivity contribution in [3.05, 3.63) is 78.5 Å². The van der Waals surface area contributed by atoms with Crippen LogP contribution in [0.5, 0.6) is 0 Å². The summed E-state index contributed by atoms with van der Waals surface area (Å²) >= 11 is 0. The highest BCUT2D eigenvalue weighted by Crippen LogP contribution is 2.37. The Morgan fingerprint density at radius 2 is 1.69 bits per heavy atom. The number of amides is 2. The van der Waals surface area contributed by atoms with E-state index >= 15 is 0 Å². The van der Waals surface area contributed by atoms with E-state index in [9.17, 15) is 22.8 Å². The minimum absolute atomic E-state index is 0.0652. The maximum Gasteiger partial charge on any atom is 0.419 e. The van der Waals surface area contributed by atoms with Crippen molar-refractivity contribution >= 4 is 46.1 Å². The van der Waals surface area contributed by atoms with Crippen molar-refractivity contribution in [1.29, 1.82) is 0 Å². The molecule has 0 saturated carbocycles. The minimum atomic E-state index is -4.63. The van der Waals surface area contributed by atoms with E-state index in [1.807, 2.05) is 30.0 Å². The Kier molecular flexibility index (Phi) is 8.08. The fraction of sp³-hybridized carbons (Fsp3) is 0.250. The number of hydrogen-bond acceptors (Lipinski definition) is 6. The number of anilines is 6. The van der Waals surface area contributed by atoms with Crippen LogP contribution in [0.15, 0.2) is 67.4 Å². The molecule has 0 radical (unpaired) electrons. The van der Waals surface area contributed by atoms with Gasteiger partial charge in [-0.1, -0.05) is 12.6 Å². The Morgan fingerprint density at radius 1 is 0.974 bits per heavy atom. The quantitative estimate of drug-likeness (QED) is 0.335. The second-order valence-electron chi connectivity index (χ2n) is 9.13. The van der Waals surface area contributed by atoms with Crippen molar-refractivity contribution in [2.75, 3.05) is 47.0 Å². The van der Waals surface area contributed by atoms with Crippen LogP contribution in [-0.2, 0) is 15.8 Å². The van der Waals surface area contributed by atoms with E-state index in [1.54, 1.807) is 25.1 Å². The van der Waals surface area contributed by atoms with Gasteiger partial charge in [0.2, 0.25) is 11.8 Å². The lowest BCUT2D eigenvalue weighted by molar-refractivity contribution is -0.137. The molecule has 204 valence electrons. The number of rotatable bonds is 7. The molecule has 1 aliphatic rings. The monoisotopic (exact) mass is 538 g/mol. The molecule has 0 atom stereocenters. The largest absolute Gasteiger partial charge is 0.419 e. The van der Waals surface area contributed by atoms with Gasteiger partial charge in [0, 0.05) is 68.1 Å². The lowest BCUT2D eigenvalue weighted by Crippen LogP contribution is -2.48. The summed E-state index contributed by atoms with van der Waals surface area (Å²) in [6, 6.07) is 13.4. The van der Waals surface area contributed by atoms with Gasteiger partial charge in [-0.15, -0.1) is 0 Å². The summed E-state index contributed by atoms with van der Waals surface area (Å²) in [5.41, 5.74) is 2.24. The molecule has 2 amide bonds.